The predicted octanol–water partition coefficient (Wildman–Crippen LogP) is 4.46. The van der Waals surface area contributed by atoms with Crippen molar-refractivity contribution < 1.29 is 4.39 Å². The molecule has 20 heavy (non-hydrogen) atoms. The molecule has 0 saturated carbocycles. The van der Waals surface area contributed by atoms with Gasteiger partial charge in [0.2, 0.25) is 0 Å². The Kier molecular flexibility index (Phi) is 8.12. The Bertz CT molecular complexity index is 398. The summed E-state index contributed by atoms with van der Waals surface area (Å²) in [6.45, 7) is 4.40. The molecular weight excluding hydrogens is 275 g/mol. The Morgan fingerprint density at radius 2 is 2.10 bits per heavy atom. The second-order valence-electron chi connectivity index (χ2n) is 5.43. The minimum atomic E-state index is -0.323. The van der Waals surface area contributed by atoms with E-state index < -0.39 is 0 Å². The van der Waals surface area contributed by atoms with Gasteiger partial charge in [-0.05, 0) is 30.4 Å². The normalized spacial score (nSPS) is 14.2. The lowest BCUT2D eigenvalue weighted by Crippen LogP contribution is -2.38. The molecular formula is C16H26ClFN2. The molecule has 4 heteroatoms. The Balaban J connectivity index is 2.64. The molecule has 2 unspecified atom stereocenters. The lowest BCUT2D eigenvalue weighted by atomic mass is 9.90. The smallest absolute Gasteiger partial charge is 0.145 e. The van der Waals surface area contributed by atoms with E-state index in [2.05, 4.69) is 19.3 Å². The number of unbranched alkanes of at least 4 members (excludes halogenated alkanes) is 1. The highest BCUT2D eigenvalue weighted by Gasteiger charge is 2.17. The van der Waals surface area contributed by atoms with Crippen LogP contribution in [0.15, 0.2) is 18.2 Å². The van der Waals surface area contributed by atoms with Gasteiger partial charge in [-0.15, -0.1) is 0 Å². The van der Waals surface area contributed by atoms with Crippen molar-refractivity contribution in [2.45, 2.75) is 58.4 Å². The summed E-state index contributed by atoms with van der Waals surface area (Å²) in [6.07, 6.45) is 6.34. The van der Waals surface area contributed by atoms with Crippen LogP contribution in [-0.4, -0.2) is 6.04 Å². The van der Waals surface area contributed by atoms with Crippen molar-refractivity contribution in [2.24, 2.45) is 11.8 Å². The van der Waals surface area contributed by atoms with Gasteiger partial charge in [-0.1, -0.05) is 63.3 Å². The number of nitrogens with one attached hydrogen (secondary N) is 1. The first-order valence-corrected chi connectivity index (χ1v) is 7.89. The minimum absolute atomic E-state index is 0.0878. The molecule has 0 amide bonds. The van der Waals surface area contributed by atoms with E-state index in [0.29, 0.717) is 17.9 Å². The van der Waals surface area contributed by atoms with Gasteiger partial charge in [0.15, 0.2) is 0 Å². The SMILES string of the molecule is CCCCC(CC)CC(Cc1cccc(Cl)c1F)NN. The fourth-order valence-corrected chi connectivity index (χ4v) is 2.76. The molecule has 0 saturated heterocycles. The summed E-state index contributed by atoms with van der Waals surface area (Å²) >= 11 is 5.82. The van der Waals surface area contributed by atoms with Crippen LogP contribution in [0.2, 0.25) is 5.02 Å². The molecule has 0 fully saturated rings. The van der Waals surface area contributed by atoms with Crippen LogP contribution >= 0.6 is 11.6 Å². The number of halogens is 2. The largest absolute Gasteiger partial charge is 0.271 e. The molecule has 0 spiro atoms. The molecule has 0 radical (unpaired) electrons. The molecule has 114 valence electrons. The molecule has 1 rings (SSSR count). The van der Waals surface area contributed by atoms with Gasteiger partial charge in [0.1, 0.15) is 5.82 Å². The second-order valence-corrected chi connectivity index (χ2v) is 5.84. The molecule has 0 aliphatic heterocycles. The summed E-state index contributed by atoms with van der Waals surface area (Å²) in [4.78, 5) is 0. The Labute approximate surface area is 126 Å². The summed E-state index contributed by atoms with van der Waals surface area (Å²) in [5, 5.41) is 0.177. The highest BCUT2D eigenvalue weighted by molar-refractivity contribution is 6.30. The van der Waals surface area contributed by atoms with Crippen LogP contribution in [-0.2, 0) is 6.42 Å². The second kappa shape index (κ2) is 9.32. The van der Waals surface area contributed by atoms with Crippen LogP contribution in [0.3, 0.4) is 0 Å². The summed E-state index contributed by atoms with van der Waals surface area (Å²) < 4.78 is 13.9. The maximum atomic E-state index is 13.9. The molecule has 3 N–H and O–H groups in total. The van der Waals surface area contributed by atoms with Crippen molar-refractivity contribution in [3.05, 3.63) is 34.6 Å². The van der Waals surface area contributed by atoms with Gasteiger partial charge in [0.25, 0.3) is 0 Å². The van der Waals surface area contributed by atoms with Crippen molar-refractivity contribution in [1.82, 2.24) is 5.43 Å². The van der Waals surface area contributed by atoms with E-state index in [1.807, 2.05) is 0 Å². The Morgan fingerprint density at radius 1 is 1.35 bits per heavy atom. The van der Waals surface area contributed by atoms with Crippen LogP contribution in [0.4, 0.5) is 4.39 Å². The highest BCUT2D eigenvalue weighted by Crippen LogP contribution is 2.23. The number of hydrogen-bond acceptors (Lipinski definition) is 2. The number of benzene rings is 1. The fraction of sp³-hybridized carbons (Fsp3) is 0.625. The van der Waals surface area contributed by atoms with E-state index in [0.717, 1.165) is 12.8 Å². The molecule has 1 aromatic carbocycles. The molecule has 0 bridgehead atoms. The number of nitrogens with two attached hydrogens (primary N) is 1. The van der Waals surface area contributed by atoms with Crippen molar-refractivity contribution in [2.75, 3.05) is 0 Å². The molecule has 2 atom stereocenters. The van der Waals surface area contributed by atoms with Crippen molar-refractivity contribution in [1.29, 1.82) is 0 Å². The van der Waals surface area contributed by atoms with Crippen LogP contribution in [0, 0.1) is 11.7 Å². The number of hydrazine groups is 1. The third-order valence-electron chi connectivity index (χ3n) is 3.89. The summed E-state index contributed by atoms with van der Waals surface area (Å²) in [5.41, 5.74) is 3.46. The number of rotatable bonds is 9. The quantitative estimate of drug-likeness (QED) is 0.522. The Morgan fingerprint density at radius 3 is 2.70 bits per heavy atom. The first kappa shape index (κ1) is 17.4. The summed E-state index contributed by atoms with van der Waals surface area (Å²) in [7, 11) is 0. The monoisotopic (exact) mass is 300 g/mol. The van der Waals surface area contributed by atoms with E-state index in [4.69, 9.17) is 17.4 Å². The molecule has 0 aromatic heterocycles. The van der Waals surface area contributed by atoms with E-state index in [1.165, 1.54) is 19.3 Å². The van der Waals surface area contributed by atoms with Gasteiger partial charge in [-0.2, -0.15) is 0 Å². The highest BCUT2D eigenvalue weighted by atomic mass is 35.5. The summed E-state index contributed by atoms with van der Waals surface area (Å²) in [6, 6.07) is 5.22. The maximum Gasteiger partial charge on any atom is 0.145 e. The maximum absolute atomic E-state index is 13.9. The van der Waals surface area contributed by atoms with Gasteiger partial charge < -0.3 is 0 Å². The van der Waals surface area contributed by atoms with Gasteiger partial charge in [0.05, 0.1) is 5.02 Å². The minimum Gasteiger partial charge on any atom is -0.271 e. The van der Waals surface area contributed by atoms with Crippen molar-refractivity contribution in [3.8, 4) is 0 Å². The Hall–Kier alpha value is -0.640. The molecule has 0 aliphatic carbocycles. The van der Waals surface area contributed by atoms with Crippen LogP contribution < -0.4 is 11.3 Å². The third-order valence-corrected chi connectivity index (χ3v) is 4.19. The molecule has 1 aromatic rings. The molecule has 0 heterocycles. The lowest BCUT2D eigenvalue weighted by molar-refractivity contribution is 0.348. The first-order chi connectivity index (χ1) is 9.62. The molecule has 2 nitrogen and oxygen atoms in total. The third kappa shape index (κ3) is 5.39. The first-order valence-electron chi connectivity index (χ1n) is 7.51. The van der Waals surface area contributed by atoms with Crippen LogP contribution in [0.5, 0.6) is 0 Å². The van der Waals surface area contributed by atoms with Gasteiger partial charge in [-0.3, -0.25) is 11.3 Å². The average Bonchev–Trinajstić information content (AvgIpc) is 2.46. The van der Waals surface area contributed by atoms with Crippen molar-refractivity contribution >= 4 is 11.6 Å². The standard InChI is InChI=1S/C16H26ClFN2/c1-3-5-7-12(4-2)10-14(20-19)11-13-8-6-9-15(17)16(13)18/h6,8-9,12,14,20H,3-5,7,10-11,19H2,1-2H3. The van der Waals surface area contributed by atoms with E-state index in [1.54, 1.807) is 18.2 Å². The van der Waals surface area contributed by atoms with Gasteiger partial charge in [-0.25, -0.2) is 4.39 Å². The lowest BCUT2D eigenvalue weighted by Gasteiger charge is -2.22. The van der Waals surface area contributed by atoms with Crippen LogP contribution in [0.25, 0.3) is 0 Å². The average molecular weight is 301 g/mol. The zero-order chi connectivity index (χ0) is 15.0. The zero-order valence-electron chi connectivity index (χ0n) is 12.5. The molecule has 0 aliphatic rings. The predicted molar refractivity (Wildman–Crippen MR) is 84.1 cm³/mol. The van der Waals surface area contributed by atoms with E-state index in [-0.39, 0.29) is 16.9 Å². The fourth-order valence-electron chi connectivity index (χ4n) is 2.57. The van der Waals surface area contributed by atoms with E-state index in [9.17, 15) is 4.39 Å². The number of hydrogen-bond donors (Lipinski definition) is 2. The van der Waals surface area contributed by atoms with Gasteiger partial charge >= 0.3 is 0 Å². The zero-order valence-corrected chi connectivity index (χ0v) is 13.2. The van der Waals surface area contributed by atoms with Crippen LogP contribution in [0.1, 0.15) is 51.5 Å². The summed E-state index contributed by atoms with van der Waals surface area (Å²) in [5.74, 6) is 5.95. The topological polar surface area (TPSA) is 38.0 Å². The van der Waals surface area contributed by atoms with Crippen molar-refractivity contribution in [3.63, 3.8) is 0 Å². The van der Waals surface area contributed by atoms with Gasteiger partial charge in [0, 0.05) is 6.04 Å². The van der Waals surface area contributed by atoms with E-state index >= 15 is 0 Å².